The molecule has 0 bridgehead atoms. The molecule has 0 amide bonds. The quantitative estimate of drug-likeness (QED) is 0.785. The fourth-order valence-electron chi connectivity index (χ4n) is 1.78. The summed E-state index contributed by atoms with van der Waals surface area (Å²) in [4.78, 5) is 15.1. The summed E-state index contributed by atoms with van der Waals surface area (Å²) in [6, 6.07) is 0. The maximum Gasteiger partial charge on any atom is 0.303 e. The fraction of sp³-hybridized carbons (Fsp3) is 0.692. The summed E-state index contributed by atoms with van der Waals surface area (Å²) < 4.78 is 0. The zero-order chi connectivity index (χ0) is 14.5. The Balaban J connectivity index is 2.78. The van der Waals surface area contributed by atoms with E-state index in [2.05, 4.69) is 20.5 Å². The molecule has 19 heavy (non-hydrogen) atoms. The molecule has 0 aliphatic heterocycles. The van der Waals surface area contributed by atoms with Crippen molar-refractivity contribution in [2.24, 2.45) is 0 Å². The zero-order valence-corrected chi connectivity index (χ0v) is 12.0. The highest BCUT2D eigenvalue weighted by Crippen LogP contribution is 2.17. The van der Waals surface area contributed by atoms with Crippen LogP contribution in [-0.2, 0) is 17.6 Å². The van der Waals surface area contributed by atoms with E-state index in [1.54, 1.807) is 0 Å². The molecule has 0 fully saturated rings. The van der Waals surface area contributed by atoms with Crippen LogP contribution < -0.4 is 5.32 Å². The fourth-order valence-corrected chi connectivity index (χ4v) is 1.78. The number of hydrogen-bond acceptors (Lipinski definition) is 5. The van der Waals surface area contributed by atoms with Gasteiger partial charge in [0.25, 0.3) is 0 Å². The van der Waals surface area contributed by atoms with Crippen molar-refractivity contribution < 1.29 is 9.90 Å². The average Bonchev–Trinajstić information content (AvgIpc) is 2.36. The van der Waals surface area contributed by atoms with Gasteiger partial charge in [-0.25, -0.2) is 4.98 Å². The molecule has 0 aliphatic rings. The number of nitrogens with one attached hydrogen (secondary N) is 1. The molecule has 106 valence electrons. The first-order valence-corrected chi connectivity index (χ1v) is 6.60. The largest absolute Gasteiger partial charge is 0.481 e. The number of nitrogens with zero attached hydrogens (tertiary/aromatic N) is 3. The van der Waals surface area contributed by atoms with E-state index in [-0.39, 0.29) is 12.0 Å². The average molecular weight is 266 g/mol. The summed E-state index contributed by atoms with van der Waals surface area (Å²) in [5.74, 6) is -0.339. The number of aryl methyl sites for hydroxylation is 2. The van der Waals surface area contributed by atoms with Crippen molar-refractivity contribution in [1.29, 1.82) is 0 Å². The summed E-state index contributed by atoms with van der Waals surface area (Å²) in [7, 11) is 0. The second-order valence-electron chi connectivity index (χ2n) is 5.14. The Kier molecular flexibility index (Phi) is 5.20. The molecule has 0 saturated carbocycles. The van der Waals surface area contributed by atoms with Gasteiger partial charge in [0.1, 0.15) is 0 Å². The summed E-state index contributed by atoms with van der Waals surface area (Å²) >= 11 is 0. The molecule has 0 aliphatic carbocycles. The van der Waals surface area contributed by atoms with Crippen molar-refractivity contribution in [3.8, 4) is 0 Å². The summed E-state index contributed by atoms with van der Waals surface area (Å²) in [6.45, 7) is 7.91. The van der Waals surface area contributed by atoms with Gasteiger partial charge in [0, 0.05) is 12.0 Å². The lowest BCUT2D eigenvalue weighted by atomic mass is 9.99. The number of aliphatic carboxylic acids is 1. The van der Waals surface area contributed by atoms with Gasteiger partial charge >= 0.3 is 5.97 Å². The number of anilines is 1. The van der Waals surface area contributed by atoms with E-state index in [0.717, 1.165) is 24.2 Å². The van der Waals surface area contributed by atoms with E-state index in [1.165, 1.54) is 0 Å². The van der Waals surface area contributed by atoms with Gasteiger partial charge in [-0.3, -0.25) is 4.79 Å². The Morgan fingerprint density at radius 3 is 2.37 bits per heavy atom. The molecule has 0 radical (unpaired) electrons. The Bertz CT molecular complexity index is 446. The van der Waals surface area contributed by atoms with Crippen LogP contribution >= 0.6 is 0 Å². The number of carboxylic acids is 1. The topological polar surface area (TPSA) is 88.0 Å². The van der Waals surface area contributed by atoms with E-state index >= 15 is 0 Å². The van der Waals surface area contributed by atoms with Crippen molar-refractivity contribution in [2.75, 3.05) is 5.32 Å². The SMILES string of the molecule is CCc1nnc(NC(C)(C)CCC(=O)O)nc1CC. The number of hydrogen-bond donors (Lipinski definition) is 2. The van der Waals surface area contributed by atoms with Gasteiger partial charge in [-0.15, -0.1) is 5.10 Å². The van der Waals surface area contributed by atoms with E-state index < -0.39 is 5.97 Å². The van der Waals surface area contributed by atoms with Crippen molar-refractivity contribution in [2.45, 2.75) is 58.9 Å². The molecule has 0 unspecified atom stereocenters. The summed E-state index contributed by atoms with van der Waals surface area (Å²) in [6.07, 6.45) is 2.23. The van der Waals surface area contributed by atoms with Gasteiger partial charge in [-0.2, -0.15) is 5.10 Å². The molecule has 2 N–H and O–H groups in total. The van der Waals surface area contributed by atoms with Gasteiger partial charge in [-0.05, 0) is 33.1 Å². The molecule has 6 heteroatoms. The van der Waals surface area contributed by atoms with Crippen LogP contribution in [0.2, 0.25) is 0 Å². The van der Waals surface area contributed by atoms with E-state index in [0.29, 0.717) is 12.4 Å². The first-order chi connectivity index (χ1) is 8.88. The van der Waals surface area contributed by atoms with Crippen LogP contribution in [0, 0.1) is 0 Å². The van der Waals surface area contributed by atoms with Crippen molar-refractivity contribution in [3.63, 3.8) is 0 Å². The first-order valence-electron chi connectivity index (χ1n) is 6.60. The third-order valence-electron chi connectivity index (χ3n) is 2.92. The van der Waals surface area contributed by atoms with Gasteiger partial charge in [0.15, 0.2) is 0 Å². The third kappa shape index (κ3) is 4.81. The van der Waals surface area contributed by atoms with E-state index in [4.69, 9.17) is 5.11 Å². The predicted molar refractivity (Wildman–Crippen MR) is 73.2 cm³/mol. The highest BCUT2D eigenvalue weighted by atomic mass is 16.4. The normalized spacial score (nSPS) is 11.4. The monoisotopic (exact) mass is 266 g/mol. The minimum Gasteiger partial charge on any atom is -0.481 e. The Morgan fingerprint density at radius 1 is 1.21 bits per heavy atom. The number of aromatic nitrogens is 3. The first kappa shape index (κ1) is 15.3. The minimum absolute atomic E-state index is 0.112. The molecule has 1 aromatic rings. The zero-order valence-electron chi connectivity index (χ0n) is 12.0. The standard InChI is InChI=1S/C13H22N4O2/c1-5-9-10(6-2)16-17-12(14-9)15-13(3,4)8-7-11(18)19/h5-8H2,1-4H3,(H,18,19)(H,14,15,17). The molecule has 1 heterocycles. The van der Waals surface area contributed by atoms with Gasteiger partial charge < -0.3 is 10.4 Å². The van der Waals surface area contributed by atoms with Crippen LogP contribution in [-0.4, -0.2) is 31.8 Å². The second kappa shape index (κ2) is 6.45. The number of rotatable bonds is 7. The molecule has 0 saturated heterocycles. The molecule has 0 atom stereocenters. The molecular weight excluding hydrogens is 244 g/mol. The lowest BCUT2D eigenvalue weighted by Crippen LogP contribution is -2.33. The second-order valence-corrected chi connectivity index (χ2v) is 5.14. The van der Waals surface area contributed by atoms with Crippen molar-refractivity contribution in [3.05, 3.63) is 11.4 Å². The molecular formula is C13H22N4O2. The lowest BCUT2D eigenvalue weighted by molar-refractivity contribution is -0.137. The molecule has 1 rings (SSSR count). The number of carboxylic acid groups (broad SMARTS) is 1. The highest BCUT2D eigenvalue weighted by molar-refractivity contribution is 5.66. The third-order valence-corrected chi connectivity index (χ3v) is 2.92. The molecule has 6 nitrogen and oxygen atoms in total. The van der Waals surface area contributed by atoms with Gasteiger partial charge in [0.2, 0.25) is 5.95 Å². The Labute approximate surface area is 113 Å². The van der Waals surface area contributed by atoms with Gasteiger partial charge in [-0.1, -0.05) is 13.8 Å². The maximum absolute atomic E-state index is 10.6. The van der Waals surface area contributed by atoms with Crippen LogP contribution in [0.1, 0.15) is 51.9 Å². The Morgan fingerprint density at radius 2 is 1.84 bits per heavy atom. The number of carbonyl (C=O) groups is 1. The van der Waals surface area contributed by atoms with Crippen molar-refractivity contribution >= 4 is 11.9 Å². The minimum atomic E-state index is -0.801. The smallest absolute Gasteiger partial charge is 0.303 e. The molecule has 0 aromatic carbocycles. The molecule has 1 aromatic heterocycles. The van der Waals surface area contributed by atoms with Crippen LogP contribution in [0.4, 0.5) is 5.95 Å². The summed E-state index contributed by atoms with van der Waals surface area (Å²) in [5.41, 5.74) is 1.48. The van der Waals surface area contributed by atoms with Crippen LogP contribution in [0.15, 0.2) is 0 Å². The van der Waals surface area contributed by atoms with E-state index in [9.17, 15) is 4.79 Å². The van der Waals surface area contributed by atoms with Crippen LogP contribution in [0.5, 0.6) is 0 Å². The van der Waals surface area contributed by atoms with Gasteiger partial charge in [0.05, 0.1) is 11.4 Å². The van der Waals surface area contributed by atoms with Crippen LogP contribution in [0.3, 0.4) is 0 Å². The predicted octanol–water partition coefficient (Wildman–Crippen LogP) is 2.05. The molecule has 0 spiro atoms. The summed E-state index contributed by atoms with van der Waals surface area (Å²) in [5, 5.41) is 20.1. The van der Waals surface area contributed by atoms with E-state index in [1.807, 2.05) is 27.7 Å². The van der Waals surface area contributed by atoms with Crippen LogP contribution in [0.25, 0.3) is 0 Å². The van der Waals surface area contributed by atoms with Crippen molar-refractivity contribution in [1.82, 2.24) is 15.2 Å². The maximum atomic E-state index is 10.6. The Hall–Kier alpha value is -1.72. The highest BCUT2D eigenvalue weighted by Gasteiger charge is 2.20. The lowest BCUT2D eigenvalue weighted by Gasteiger charge is -2.25.